The van der Waals surface area contributed by atoms with E-state index in [0.717, 1.165) is 13.2 Å². The number of hydrogen-bond donors (Lipinski definition) is 1. The number of ether oxygens (including phenoxy) is 1. The van der Waals surface area contributed by atoms with Gasteiger partial charge in [0.25, 0.3) is 0 Å². The number of nitriles is 1. The summed E-state index contributed by atoms with van der Waals surface area (Å²) in [6.45, 7) is 1.48. The van der Waals surface area contributed by atoms with Crippen LogP contribution >= 0.6 is 0 Å². The highest BCUT2D eigenvalue weighted by molar-refractivity contribution is 5.97. The van der Waals surface area contributed by atoms with Gasteiger partial charge in [-0.25, -0.2) is 9.18 Å². The lowest BCUT2D eigenvalue weighted by atomic mass is 10.1. The fraction of sp³-hybridized carbons (Fsp3) is 0.250. The van der Waals surface area contributed by atoms with E-state index in [0.29, 0.717) is 0 Å². The topological polar surface area (TPSA) is 79.2 Å². The zero-order chi connectivity index (χ0) is 13.7. The smallest absolute Gasteiger partial charge is 0.341 e. The highest BCUT2D eigenvalue weighted by atomic mass is 19.1. The Morgan fingerprint density at radius 2 is 2.17 bits per heavy atom. The van der Waals surface area contributed by atoms with Gasteiger partial charge >= 0.3 is 5.97 Å². The van der Waals surface area contributed by atoms with Gasteiger partial charge in [0.2, 0.25) is 5.91 Å². The summed E-state index contributed by atoms with van der Waals surface area (Å²) in [5.74, 6) is -2.07. The molecular weight excluding hydrogens is 239 g/mol. The number of hydrogen-bond acceptors (Lipinski definition) is 4. The van der Waals surface area contributed by atoms with Gasteiger partial charge in [0.1, 0.15) is 17.8 Å². The molecule has 0 aliphatic heterocycles. The van der Waals surface area contributed by atoms with E-state index in [2.05, 4.69) is 10.1 Å². The summed E-state index contributed by atoms with van der Waals surface area (Å²) in [4.78, 5) is 22.6. The number of amides is 1. The van der Waals surface area contributed by atoms with E-state index in [1.54, 1.807) is 6.07 Å². The summed E-state index contributed by atoms with van der Waals surface area (Å²) in [5, 5.41) is 10.8. The molecule has 0 heterocycles. The Bertz CT molecular complexity index is 535. The maximum atomic E-state index is 13.5. The van der Waals surface area contributed by atoms with E-state index in [4.69, 9.17) is 5.26 Å². The molecule has 0 radical (unpaired) electrons. The highest BCUT2D eigenvalue weighted by Crippen LogP contribution is 2.22. The first-order valence-corrected chi connectivity index (χ1v) is 5.05. The number of rotatable bonds is 3. The quantitative estimate of drug-likeness (QED) is 0.829. The SMILES string of the molecule is COC(=O)c1c(F)ccc(NC(=O)CC#N)c1C. The molecule has 1 rings (SSSR count). The van der Waals surface area contributed by atoms with Gasteiger partial charge < -0.3 is 10.1 Å². The van der Waals surface area contributed by atoms with Crippen LogP contribution in [0.2, 0.25) is 0 Å². The Morgan fingerprint density at radius 3 is 2.72 bits per heavy atom. The van der Waals surface area contributed by atoms with Gasteiger partial charge in [0.05, 0.1) is 13.2 Å². The van der Waals surface area contributed by atoms with Crippen molar-refractivity contribution < 1.29 is 18.7 Å². The maximum absolute atomic E-state index is 13.5. The molecule has 1 amide bonds. The lowest BCUT2D eigenvalue weighted by molar-refractivity contribution is -0.115. The van der Waals surface area contributed by atoms with E-state index in [1.807, 2.05) is 0 Å². The van der Waals surface area contributed by atoms with Gasteiger partial charge in [-0.15, -0.1) is 0 Å². The molecule has 6 heteroatoms. The Labute approximate surface area is 103 Å². The largest absolute Gasteiger partial charge is 0.465 e. The molecule has 5 nitrogen and oxygen atoms in total. The average Bonchev–Trinajstić information content (AvgIpc) is 2.33. The third kappa shape index (κ3) is 2.83. The number of carbonyl (C=O) groups is 2. The Balaban J connectivity index is 3.13. The van der Waals surface area contributed by atoms with Gasteiger partial charge in [-0.05, 0) is 24.6 Å². The summed E-state index contributed by atoms with van der Waals surface area (Å²) in [5.41, 5.74) is 0.303. The number of esters is 1. The maximum Gasteiger partial charge on any atom is 0.341 e. The molecule has 94 valence electrons. The number of nitrogens with zero attached hydrogens (tertiary/aromatic N) is 1. The number of nitrogens with one attached hydrogen (secondary N) is 1. The monoisotopic (exact) mass is 250 g/mol. The van der Waals surface area contributed by atoms with Crippen molar-refractivity contribution in [3.8, 4) is 6.07 Å². The molecule has 0 saturated heterocycles. The zero-order valence-electron chi connectivity index (χ0n) is 9.91. The summed E-state index contributed by atoms with van der Waals surface area (Å²) in [6, 6.07) is 4.07. The predicted octanol–water partition coefficient (Wildman–Crippen LogP) is 1.77. The Kier molecular flexibility index (Phi) is 4.38. The van der Waals surface area contributed by atoms with Gasteiger partial charge in [-0.3, -0.25) is 4.79 Å². The summed E-state index contributed by atoms with van der Waals surface area (Å²) < 4.78 is 17.9. The minimum absolute atomic E-state index is 0.229. The molecule has 1 N–H and O–H groups in total. The van der Waals surface area contributed by atoms with Crippen molar-refractivity contribution in [3.05, 3.63) is 29.1 Å². The van der Waals surface area contributed by atoms with Crippen LogP contribution < -0.4 is 5.32 Å². The molecule has 0 bridgehead atoms. The van der Waals surface area contributed by atoms with E-state index < -0.39 is 17.7 Å². The van der Waals surface area contributed by atoms with Crippen LogP contribution in [0.3, 0.4) is 0 Å². The van der Waals surface area contributed by atoms with Gasteiger partial charge in [-0.1, -0.05) is 0 Å². The third-order valence-corrected chi connectivity index (χ3v) is 2.32. The van der Waals surface area contributed by atoms with Crippen LogP contribution in [-0.4, -0.2) is 19.0 Å². The molecule has 0 unspecified atom stereocenters. The minimum atomic E-state index is -0.818. The van der Waals surface area contributed by atoms with E-state index >= 15 is 0 Å². The van der Waals surface area contributed by atoms with Crippen LogP contribution in [0.5, 0.6) is 0 Å². The molecular formula is C12H11FN2O3. The number of anilines is 1. The van der Waals surface area contributed by atoms with Crippen LogP contribution in [0, 0.1) is 24.1 Å². The molecule has 0 aromatic heterocycles. The van der Waals surface area contributed by atoms with Gasteiger partial charge in [-0.2, -0.15) is 5.26 Å². The highest BCUT2D eigenvalue weighted by Gasteiger charge is 2.18. The zero-order valence-corrected chi connectivity index (χ0v) is 9.91. The first-order valence-electron chi connectivity index (χ1n) is 5.05. The predicted molar refractivity (Wildman–Crippen MR) is 61.3 cm³/mol. The fourth-order valence-corrected chi connectivity index (χ4v) is 1.43. The van der Waals surface area contributed by atoms with Crippen molar-refractivity contribution in [2.24, 2.45) is 0 Å². The van der Waals surface area contributed by atoms with Crippen LogP contribution in [0.25, 0.3) is 0 Å². The average molecular weight is 250 g/mol. The normalized spacial score (nSPS) is 9.44. The lowest BCUT2D eigenvalue weighted by Crippen LogP contribution is -2.14. The fourth-order valence-electron chi connectivity index (χ4n) is 1.43. The van der Waals surface area contributed by atoms with Crippen molar-refractivity contribution in [1.29, 1.82) is 5.26 Å². The number of halogens is 1. The summed E-state index contributed by atoms with van der Waals surface area (Å²) in [6.07, 6.45) is -0.315. The molecule has 0 aliphatic carbocycles. The number of carbonyl (C=O) groups excluding carboxylic acids is 2. The molecule has 0 aliphatic rings. The Morgan fingerprint density at radius 1 is 1.50 bits per heavy atom. The summed E-state index contributed by atoms with van der Waals surface area (Å²) >= 11 is 0. The number of methoxy groups -OCH3 is 1. The van der Waals surface area contributed by atoms with Gasteiger partial charge in [0, 0.05) is 5.69 Å². The van der Waals surface area contributed by atoms with E-state index in [-0.39, 0.29) is 23.2 Å². The van der Waals surface area contributed by atoms with Crippen LogP contribution in [0.15, 0.2) is 12.1 Å². The third-order valence-electron chi connectivity index (χ3n) is 2.32. The van der Waals surface area contributed by atoms with Crippen LogP contribution in [0.4, 0.5) is 10.1 Å². The van der Waals surface area contributed by atoms with Crippen molar-refractivity contribution >= 4 is 17.6 Å². The molecule has 1 aromatic carbocycles. The second-order valence-electron chi connectivity index (χ2n) is 3.47. The first kappa shape index (κ1) is 13.6. The van der Waals surface area contributed by atoms with Gasteiger partial charge in [0.15, 0.2) is 0 Å². The van der Waals surface area contributed by atoms with Crippen molar-refractivity contribution in [2.75, 3.05) is 12.4 Å². The standard InChI is InChI=1S/C12H11FN2O3/c1-7-9(15-10(16)5-6-14)4-3-8(13)11(7)12(17)18-2/h3-4H,5H2,1-2H3,(H,15,16). The van der Waals surface area contributed by atoms with Crippen LogP contribution in [0.1, 0.15) is 22.3 Å². The second kappa shape index (κ2) is 5.77. The molecule has 0 saturated carbocycles. The van der Waals surface area contributed by atoms with Crippen molar-refractivity contribution in [3.63, 3.8) is 0 Å². The number of benzene rings is 1. The first-order chi connectivity index (χ1) is 8.51. The minimum Gasteiger partial charge on any atom is -0.465 e. The molecule has 0 atom stereocenters. The van der Waals surface area contributed by atoms with E-state index in [1.165, 1.54) is 13.0 Å². The van der Waals surface area contributed by atoms with Crippen molar-refractivity contribution in [1.82, 2.24) is 0 Å². The molecule has 0 fully saturated rings. The van der Waals surface area contributed by atoms with Crippen LogP contribution in [-0.2, 0) is 9.53 Å². The molecule has 1 aromatic rings. The van der Waals surface area contributed by atoms with E-state index in [9.17, 15) is 14.0 Å². The molecule has 0 spiro atoms. The molecule has 18 heavy (non-hydrogen) atoms. The lowest BCUT2D eigenvalue weighted by Gasteiger charge is -2.11. The second-order valence-corrected chi connectivity index (χ2v) is 3.47. The summed E-state index contributed by atoms with van der Waals surface area (Å²) in [7, 11) is 1.14. The van der Waals surface area contributed by atoms with Crippen molar-refractivity contribution in [2.45, 2.75) is 13.3 Å². The Hall–Kier alpha value is -2.42.